The van der Waals surface area contributed by atoms with Gasteiger partial charge < -0.3 is 0 Å². The molecule has 2 aromatic heterocycles. The maximum atomic E-state index is 13.4. The van der Waals surface area contributed by atoms with E-state index in [2.05, 4.69) is 38.7 Å². The number of fused-ring (bicyclic) bond motifs is 1. The fourth-order valence-corrected chi connectivity index (χ4v) is 3.86. The van der Waals surface area contributed by atoms with Crippen LogP contribution < -0.4 is 5.43 Å². The van der Waals surface area contributed by atoms with Crippen molar-refractivity contribution in [3.05, 3.63) is 77.9 Å². The lowest BCUT2D eigenvalue weighted by atomic mass is 10.1. The average molecular weight is 376 g/mol. The molecule has 2 heterocycles. The van der Waals surface area contributed by atoms with Crippen molar-refractivity contribution in [2.75, 3.05) is 5.43 Å². The first-order valence-electron chi connectivity index (χ1n) is 8.50. The van der Waals surface area contributed by atoms with Crippen LogP contribution in [-0.4, -0.2) is 15.7 Å². The predicted octanol–water partition coefficient (Wildman–Crippen LogP) is 5.64. The van der Waals surface area contributed by atoms with E-state index in [0.29, 0.717) is 17.4 Å². The largest absolute Gasteiger partial charge is 0.260 e. The summed E-state index contributed by atoms with van der Waals surface area (Å²) in [4.78, 5) is 11.1. The van der Waals surface area contributed by atoms with Crippen LogP contribution in [0.1, 0.15) is 18.3 Å². The Labute approximate surface area is 160 Å². The van der Waals surface area contributed by atoms with Gasteiger partial charge in [-0.3, -0.25) is 5.43 Å². The number of hydrogen-bond donors (Lipinski definition) is 1. The average Bonchev–Trinajstić information content (AvgIpc) is 3.10. The van der Waals surface area contributed by atoms with Crippen molar-refractivity contribution in [3.63, 3.8) is 0 Å². The molecule has 4 rings (SSSR count). The molecular formula is C21H17FN4S. The van der Waals surface area contributed by atoms with Gasteiger partial charge in [0.15, 0.2) is 5.82 Å². The highest BCUT2D eigenvalue weighted by Gasteiger charge is 2.11. The Balaban J connectivity index is 1.71. The molecule has 0 aliphatic rings. The van der Waals surface area contributed by atoms with Gasteiger partial charge in [-0.1, -0.05) is 42.5 Å². The number of rotatable bonds is 4. The highest BCUT2D eigenvalue weighted by molar-refractivity contribution is 7.21. The van der Waals surface area contributed by atoms with Gasteiger partial charge >= 0.3 is 0 Å². The van der Waals surface area contributed by atoms with E-state index in [-0.39, 0.29) is 5.82 Å². The molecule has 134 valence electrons. The van der Waals surface area contributed by atoms with Crippen LogP contribution in [-0.2, 0) is 0 Å². The quantitative estimate of drug-likeness (QED) is 0.370. The van der Waals surface area contributed by atoms with Gasteiger partial charge in [-0.25, -0.2) is 14.4 Å². The number of aryl methyl sites for hydroxylation is 1. The molecule has 0 saturated heterocycles. The number of hydrazone groups is 1. The number of nitrogens with one attached hydrogen (secondary N) is 1. The summed E-state index contributed by atoms with van der Waals surface area (Å²) < 4.78 is 13.4. The third-order valence-corrected chi connectivity index (χ3v) is 5.21. The number of benzene rings is 2. The predicted molar refractivity (Wildman–Crippen MR) is 110 cm³/mol. The molecule has 0 radical (unpaired) electrons. The summed E-state index contributed by atoms with van der Waals surface area (Å²) >= 11 is 1.62. The van der Waals surface area contributed by atoms with Gasteiger partial charge in [0.25, 0.3) is 0 Å². The first-order valence-corrected chi connectivity index (χ1v) is 9.31. The summed E-state index contributed by atoms with van der Waals surface area (Å²) in [5.41, 5.74) is 5.57. The van der Waals surface area contributed by atoms with E-state index in [1.54, 1.807) is 17.4 Å². The first kappa shape index (κ1) is 17.3. The van der Waals surface area contributed by atoms with Crippen molar-refractivity contribution >= 4 is 33.1 Å². The van der Waals surface area contributed by atoms with Gasteiger partial charge in [-0.15, -0.1) is 11.3 Å². The summed E-state index contributed by atoms with van der Waals surface area (Å²) in [6.45, 7) is 3.69. The third-order valence-electron chi connectivity index (χ3n) is 4.13. The lowest BCUT2D eigenvalue weighted by Gasteiger charge is -2.05. The SMILES string of the molecule is CC(=NNc1nc(C)nc2sc(-c3ccccc3)cc12)c1cccc(F)c1. The smallest absolute Gasteiger partial charge is 0.158 e. The molecule has 0 amide bonds. The van der Waals surface area contributed by atoms with Gasteiger partial charge in [-0.2, -0.15) is 5.10 Å². The van der Waals surface area contributed by atoms with Crippen molar-refractivity contribution in [1.82, 2.24) is 9.97 Å². The minimum atomic E-state index is -0.285. The third kappa shape index (κ3) is 3.71. The van der Waals surface area contributed by atoms with Crippen LogP contribution in [0.3, 0.4) is 0 Å². The van der Waals surface area contributed by atoms with E-state index in [1.165, 1.54) is 12.1 Å². The zero-order valence-corrected chi connectivity index (χ0v) is 15.7. The highest BCUT2D eigenvalue weighted by atomic mass is 32.1. The lowest BCUT2D eigenvalue weighted by Crippen LogP contribution is -2.02. The molecule has 0 saturated carbocycles. The van der Waals surface area contributed by atoms with Crippen LogP contribution >= 0.6 is 11.3 Å². The Morgan fingerprint density at radius 3 is 2.63 bits per heavy atom. The van der Waals surface area contributed by atoms with Crippen LogP contribution in [0.25, 0.3) is 20.7 Å². The number of anilines is 1. The van der Waals surface area contributed by atoms with E-state index in [1.807, 2.05) is 38.1 Å². The van der Waals surface area contributed by atoms with E-state index < -0.39 is 0 Å². The van der Waals surface area contributed by atoms with Gasteiger partial charge in [0, 0.05) is 10.4 Å². The number of thiophene rings is 1. The molecule has 27 heavy (non-hydrogen) atoms. The Bertz CT molecular complexity index is 1140. The molecule has 4 nitrogen and oxygen atoms in total. The molecule has 6 heteroatoms. The second kappa shape index (κ2) is 7.25. The van der Waals surface area contributed by atoms with Crippen LogP contribution in [0.15, 0.2) is 65.8 Å². The van der Waals surface area contributed by atoms with E-state index >= 15 is 0 Å². The lowest BCUT2D eigenvalue weighted by molar-refractivity contribution is 0.627. The molecule has 0 unspecified atom stereocenters. The molecule has 0 atom stereocenters. The van der Waals surface area contributed by atoms with Crippen molar-refractivity contribution in [2.45, 2.75) is 13.8 Å². The van der Waals surface area contributed by atoms with Crippen molar-refractivity contribution in [3.8, 4) is 10.4 Å². The molecule has 0 aliphatic heterocycles. The van der Waals surface area contributed by atoms with E-state index in [9.17, 15) is 4.39 Å². The maximum Gasteiger partial charge on any atom is 0.158 e. The minimum Gasteiger partial charge on any atom is -0.260 e. The molecule has 2 aromatic carbocycles. The van der Waals surface area contributed by atoms with E-state index in [0.717, 1.165) is 26.2 Å². The van der Waals surface area contributed by atoms with Gasteiger partial charge in [0.1, 0.15) is 16.5 Å². The fraction of sp³-hybridized carbons (Fsp3) is 0.0952. The number of halogens is 1. The van der Waals surface area contributed by atoms with Crippen molar-refractivity contribution in [2.24, 2.45) is 5.10 Å². The molecule has 1 N–H and O–H groups in total. The maximum absolute atomic E-state index is 13.4. The monoisotopic (exact) mass is 376 g/mol. The summed E-state index contributed by atoms with van der Waals surface area (Å²) in [6.07, 6.45) is 0. The number of hydrogen-bond acceptors (Lipinski definition) is 5. The standard InChI is InChI=1S/C21H17FN4S/c1-13(16-9-6-10-17(22)11-16)25-26-20-18-12-19(15-7-4-3-5-8-15)27-21(18)24-14(2)23-20/h3-12H,1-2H3,(H,23,24,26). The molecule has 0 aliphatic carbocycles. The normalized spacial score (nSPS) is 11.7. The van der Waals surface area contributed by atoms with Crippen LogP contribution in [0.2, 0.25) is 0 Å². The molecule has 0 spiro atoms. The summed E-state index contributed by atoms with van der Waals surface area (Å²) in [6, 6.07) is 18.6. The van der Waals surface area contributed by atoms with Crippen LogP contribution in [0, 0.1) is 12.7 Å². The topological polar surface area (TPSA) is 50.2 Å². The fourth-order valence-electron chi connectivity index (χ4n) is 2.77. The molecule has 0 bridgehead atoms. The summed E-state index contributed by atoms with van der Waals surface area (Å²) in [5, 5.41) is 5.31. The van der Waals surface area contributed by atoms with Gasteiger partial charge in [0.05, 0.1) is 11.1 Å². The first-order chi connectivity index (χ1) is 13.1. The molecule has 4 aromatic rings. The zero-order chi connectivity index (χ0) is 18.8. The number of aromatic nitrogens is 2. The Morgan fingerprint density at radius 2 is 1.85 bits per heavy atom. The minimum absolute atomic E-state index is 0.285. The van der Waals surface area contributed by atoms with E-state index in [4.69, 9.17) is 0 Å². The van der Waals surface area contributed by atoms with Crippen LogP contribution in [0.5, 0.6) is 0 Å². The number of nitrogens with zero attached hydrogens (tertiary/aromatic N) is 3. The van der Waals surface area contributed by atoms with Gasteiger partial charge in [-0.05, 0) is 37.6 Å². The van der Waals surface area contributed by atoms with Crippen molar-refractivity contribution in [1.29, 1.82) is 0 Å². The highest BCUT2D eigenvalue weighted by Crippen LogP contribution is 2.35. The second-order valence-corrected chi connectivity index (χ2v) is 7.16. The van der Waals surface area contributed by atoms with Gasteiger partial charge in [0.2, 0.25) is 0 Å². The molecule has 0 fully saturated rings. The Kier molecular flexibility index (Phi) is 4.64. The Hall–Kier alpha value is -3.12. The summed E-state index contributed by atoms with van der Waals surface area (Å²) in [7, 11) is 0. The van der Waals surface area contributed by atoms with Crippen molar-refractivity contribution < 1.29 is 4.39 Å². The van der Waals surface area contributed by atoms with Crippen LogP contribution in [0.4, 0.5) is 10.2 Å². The zero-order valence-electron chi connectivity index (χ0n) is 14.9. The second-order valence-electron chi connectivity index (χ2n) is 6.13. The molecular weight excluding hydrogens is 359 g/mol. The summed E-state index contributed by atoms with van der Waals surface area (Å²) in [5.74, 6) is 1.03. The Morgan fingerprint density at radius 1 is 1.04 bits per heavy atom.